The lowest BCUT2D eigenvalue weighted by atomic mass is 10.00. The lowest BCUT2D eigenvalue weighted by Crippen LogP contribution is -2.09. The van der Waals surface area contributed by atoms with Gasteiger partial charge in [-0.15, -0.1) is 11.3 Å². The van der Waals surface area contributed by atoms with E-state index in [9.17, 15) is 0 Å². The Labute approximate surface area is 275 Å². The molecule has 0 spiro atoms. The Hall–Kier alpha value is -5.90. The number of rotatable bonds is 4. The molecule has 3 heteroatoms. The molecule has 0 aliphatic carbocycles. The minimum Gasteiger partial charge on any atom is -0.456 e. The number of hydrogen-bond acceptors (Lipinski definition) is 3. The summed E-state index contributed by atoms with van der Waals surface area (Å²) >= 11 is 1.85. The lowest BCUT2D eigenvalue weighted by Gasteiger charge is -2.26. The molecule has 10 aromatic rings. The van der Waals surface area contributed by atoms with Crippen molar-refractivity contribution in [2.75, 3.05) is 4.90 Å². The second-order valence-electron chi connectivity index (χ2n) is 12.2. The third kappa shape index (κ3) is 4.25. The second-order valence-corrected chi connectivity index (χ2v) is 13.2. The van der Waals surface area contributed by atoms with Gasteiger partial charge in [-0.3, -0.25) is 0 Å². The quantitative estimate of drug-likeness (QED) is 0.183. The van der Waals surface area contributed by atoms with Crippen LogP contribution in [-0.2, 0) is 0 Å². The molecule has 0 fully saturated rings. The highest BCUT2D eigenvalue weighted by Gasteiger charge is 2.17. The molecule has 0 unspecified atom stereocenters. The molecule has 0 N–H and O–H groups in total. The molecule has 0 bridgehead atoms. The van der Waals surface area contributed by atoms with E-state index in [0.717, 1.165) is 39.0 Å². The van der Waals surface area contributed by atoms with E-state index in [4.69, 9.17) is 4.42 Å². The Morgan fingerprint density at radius 3 is 1.83 bits per heavy atom. The standard InChI is InChI=1S/C44H27NOS/c1-2-8-35-29(7-1)13-14-30-17-21-33(26-38(30)35)45(34-22-24-44-40(27-34)37-10-4-6-12-43(37)47-44)32-19-15-28(16-20-32)31-18-23-42-39(25-31)36-9-3-5-11-41(36)46-42/h1-27H. The van der Waals surface area contributed by atoms with E-state index in [1.54, 1.807) is 0 Å². The summed E-state index contributed by atoms with van der Waals surface area (Å²) in [6.45, 7) is 0. The van der Waals surface area contributed by atoms with E-state index in [2.05, 4.69) is 157 Å². The fourth-order valence-electron chi connectivity index (χ4n) is 7.14. The predicted molar refractivity (Wildman–Crippen MR) is 202 cm³/mol. The van der Waals surface area contributed by atoms with Crippen molar-refractivity contribution in [2.24, 2.45) is 0 Å². The van der Waals surface area contributed by atoms with Crippen molar-refractivity contribution in [3.8, 4) is 11.1 Å². The van der Waals surface area contributed by atoms with Gasteiger partial charge in [0.25, 0.3) is 0 Å². The second kappa shape index (κ2) is 10.3. The molecule has 220 valence electrons. The van der Waals surface area contributed by atoms with Crippen LogP contribution in [0.2, 0.25) is 0 Å². The van der Waals surface area contributed by atoms with Gasteiger partial charge in [0.15, 0.2) is 0 Å². The van der Waals surface area contributed by atoms with Crippen LogP contribution >= 0.6 is 11.3 Å². The van der Waals surface area contributed by atoms with Gasteiger partial charge in [-0.2, -0.15) is 0 Å². The molecule has 0 radical (unpaired) electrons. The van der Waals surface area contributed by atoms with Gasteiger partial charge in [-0.1, -0.05) is 97.1 Å². The number of hydrogen-bond donors (Lipinski definition) is 0. The van der Waals surface area contributed by atoms with Crippen molar-refractivity contribution in [3.05, 3.63) is 164 Å². The fourth-order valence-corrected chi connectivity index (χ4v) is 8.22. The van der Waals surface area contributed by atoms with Gasteiger partial charge in [0.2, 0.25) is 0 Å². The zero-order chi connectivity index (χ0) is 30.9. The first-order valence-corrected chi connectivity index (χ1v) is 16.7. The van der Waals surface area contributed by atoms with Crippen LogP contribution in [0.5, 0.6) is 0 Å². The summed E-state index contributed by atoms with van der Waals surface area (Å²) in [5.41, 5.74) is 7.56. The molecule has 0 saturated heterocycles. The van der Waals surface area contributed by atoms with Gasteiger partial charge in [-0.05, 0) is 99.4 Å². The van der Waals surface area contributed by atoms with E-state index in [-0.39, 0.29) is 0 Å². The van der Waals surface area contributed by atoms with Crippen molar-refractivity contribution >= 4 is 92.1 Å². The predicted octanol–water partition coefficient (Wildman–Crippen LogP) is 13.4. The molecule has 2 nitrogen and oxygen atoms in total. The number of furan rings is 1. The summed E-state index contributed by atoms with van der Waals surface area (Å²) in [7, 11) is 0. The van der Waals surface area contributed by atoms with Gasteiger partial charge in [0, 0.05) is 48.0 Å². The first-order chi connectivity index (χ1) is 23.3. The summed E-state index contributed by atoms with van der Waals surface area (Å²) in [6.07, 6.45) is 0. The average molecular weight is 618 g/mol. The van der Waals surface area contributed by atoms with Crippen LogP contribution in [0.25, 0.3) is 74.8 Å². The average Bonchev–Trinajstić information content (AvgIpc) is 3.70. The first-order valence-electron chi connectivity index (χ1n) is 15.9. The zero-order valence-electron chi connectivity index (χ0n) is 25.4. The van der Waals surface area contributed by atoms with Crippen LogP contribution < -0.4 is 4.90 Å². The minimum atomic E-state index is 0.915. The maximum Gasteiger partial charge on any atom is 0.135 e. The fraction of sp³-hybridized carbons (Fsp3) is 0. The van der Waals surface area contributed by atoms with Crippen molar-refractivity contribution in [1.82, 2.24) is 0 Å². The van der Waals surface area contributed by atoms with E-state index >= 15 is 0 Å². The van der Waals surface area contributed by atoms with E-state index in [1.807, 2.05) is 23.5 Å². The van der Waals surface area contributed by atoms with E-state index in [0.29, 0.717) is 0 Å². The van der Waals surface area contributed by atoms with Crippen LogP contribution in [-0.4, -0.2) is 0 Å². The Morgan fingerprint density at radius 1 is 0.362 bits per heavy atom. The summed E-state index contributed by atoms with van der Waals surface area (Å²) in [4.78, 5) is 2.39. The molecule has 8 aromatic carbocycles. The van der Waals surface area contributed by atoms with E-state index < -0.39 is 0 Å². The van der Waals surface area contributed by atoms with Gasteiger partial charge in [-0.25, -0.2) is 0 Å². The number of anilines is 3. The molecule has 2 heterocycles. The summed E-state index contributed by atoms with van der Waals surface area (Å²) in [5, 5.41) is 9.89. The van der Waals surface area contributed by atoms with Gasteiger partial charge in [0.1, 0.15) is 11.2 Å². The van der Waals surface area contributed by atoms with Crippen molar-refractivity contribution in [3.63, 3.8) is 0 Å². The van der Waals surface area contributed by atoms with Gasteiger partial charge in [0.05, 0.1) is 0 Å². The van der Waals surface area contributed by atoms with Crippen LogP contribution in [0.3, 0.4) is 0 Å². The molecule has 0 saturated carbocycles. The minimum absolute atomic E-state index is 0.915. The molecular weight excluding hydrogens is 591 g/mol. The molecule has 10 rings (SSSR count). The maximum absolute atomic E-state index is 6.09. The summed E-state index contributed by atoms with van der Waals surface area (Å²) in [5.74, 6) is 0. The van der Waals surface area contributed by atoms with Gasteiger partial charge < -0.3 is 9.32 Å². The highest BCUT2D eigenvalue weighted by molar-refractivity contribution is 7.25. The molecule has 0 aliphatic rings. The maximum atomic E-state index is 6.09. The first kappa shape index (κ1) is 26.3. The lowest BCUT2D eigenvalue weighted by molar-refractivity contribution is 0.669. The summed E-state index contributed by atoms with van der Waals surface area (Å²) < 4.78 is 8.71. The van der Waals surface area contributed by atoms with Crippen molar-refractivity contribution < 1.29 is 4.42 Å². The normalized spacial score (nSPS) is 11.8. The number of fused-ring (bicyclic) bond motifs is 9. The number of para-hydroxylation sites is 1. The number of benzene rings is 8. The molecular formula is C44H27NOS. The van der Waals surface area contributed by atoms with Crippen molar-refractivity contribution in [1.29, 1.82) is 0 Å². The van der Waals surface area contributed by atoms with Crippen molar-refractivity contribution in [2.45, 2.75) is 0 Å². The third-order valence-corrected chi connectivity index (χ3v) is 10.6. The zero-order valence-corrected chi connectivity index (χ0v) is 26.2. The Morgan fingerprint density at radius 2 is 0.957 bits per heavy atom. The molecule has 47 heavy (non-hydrogen) atoms. The van der Waals surface area contributed by atoms with Crippen LogP contribution in [0.1, 0.15) is 0 Å². The summed E-state index contributed by atoms with van der Waals surface area (Å²) in [6, 6.07) is 59.3. The van der Waals surface area contributed by atoms with Crippen LogP contribution in [0, 0.1) is 0 Å². The van der Waals surface area contributed by atoms with Crippen LogP contribution in [0.15, 0.2) is 168 Å². The third-order valence-electron chi connectivity index (χ3n) is 9.44. The Kier molecular flexibility index (Phi) is 5.78. The SMILES string of the molecule is c1ccc2c(c1)ccc1ccc(N(c3ccc(-c4ccc5oc6ccccc6c5c4)cc3)c3ccc4sc5ccccc5c4c3)cc12. The van der Waals surface area contributed by atoms with E-state index in [1.165, 1.54) is 52.8 Å². The van der Waals surface area contributed by atoms with Gasteiger partial charge >= 0.3 is 0 Å². The Balaban J connectivity index is 1.14. The molecule has 2 aromatic heterocycles. The Bertz CT molecular complexity index is 2810. The largest absolute Gasteiger partial charge is 0.456 e. The molecule has 0 amide bonds. The number of thiophene rings is 1. The molecule has 0 aliphatic heterocycles. The van der Waals surface area contributed by atoms with Crippen LogP contribution in [0.4, 0.5) is 17.1 Å². The monoisotopic (exact) mass is 617 g/mol. The molecule has 0 atom stereocenters. The topological polar surface area (TPSA) is 16.4 Å². The number of nitrogens with zero attached hydrogens (tertiary/aromatic N) is 1. The highest BCUT2D eigenvalue weighted by atomic mass is 32.1. The highest BCUT2D eigenvalue weighted by Crippen LogP contribution is 2.42. The smallest absolute Gasteiger partial charge is 0.135 e.